The van der Waals surface area contributed by atoms with Gasteiger partial charge in [0.15, 0.2) is 5.96 Å². The van der Waals surface area contributed by atoms with E-state index in [1.807, 2.05) is 31.0 Å². The van der Waals surface area contributed by atoms with E-state index in [9.17, 15) is 0 Å². The second-order valence-electron chi connectivity index (χ2n) is 6.75. The van der Waals surface area contributed by atoms with Gasteiger partial charge in [0.25, 0.3) is 0 Å². The molecule has 8 nitrogen and oxygen atoms in total. The zero-order valence-electron chi connectivity index (χ0n) is 15.6. The Morgan fingerprint density at radius 1 is 1.44 bits per heavy atom. The van der Waals surface area contributed by atoms with Crippen LogP contribution in [0, 0.1) is 12.8 Å². The molecule has 2 aromatic heterocycles. The first kappa shape index (κ1) is 17.4. The number of aliphatic imine (C=N–C) groups is 1. The Kier molecular flexibility index (Phi) is 5.35. The van der Waals surface area contributed by atoms with Crippen LogP contribution in [0.3, 0.4) is 0 Å². The van der Waals surface area contributed by atoms with Gasteiger partial charge in [-0.1, -0.05) is 0 Å². The van der Waals surface area contributed by atoms with Crippen LogP contribution in [0.25, 0.3) is 0 Å². The van der Waals surface area contributed by atoms with Gasteiger partial charge in [0.05, 0.1) is 6.20 Å². The minimum absolute atomic E-state index is 0.530. The normalized spacial score (nSPS) is 17.4. The third-order valence-electron chi connectivity index (χ3n) is 4.60. The van der Waals surface area contributed by atoms with Gasteiger partial charge in [0, 0.05) is 58.5 Å². The number of fused-ring (bicyclic) bond motifs is 1. The number of nitrogens with one attached hydrogen (secondary N) is 1. The molecule has 3 rings (SSSR count). The number of hydrogen-bond donors (Lipinski definition) is 1. The summed E-state index contributed by atoms with van der Waals surface area (Å²) in [7, 11) is 4.00. The van der Waals surface area contributed by atoms with Crippen molar-refractivity contribution in [1.29, 1.82) is 0 Å². The largest absolute Gasteiger partial charge is 0.357 e. The summed E-state index contributed by atoms with van der Waals surface area (Å²) in [5, 5.41) is 16.1. The van der Waals surface area contributed by atoms with E-state index in [2.05, 4.69) is 44.1 Å². The first-order valence-electron chi connectivity index (χ1n) is 8.92. The van der Waals surface area contributed by atoms with Crippen LogP contribution >= 0.6 is 0 Å². The van der Waals surface area contributed by atoms with E-state index in [0.29, 0.717) is 5.92 Å². The maximum absolute atomic E-state index is 4.88. The van der Waals surface area contributed by atoms with Crippen molar-refractivity contribution in [3.05, 3.63) is 29.6 Å². The summed E-state index contributed by atoms with van der Waals surface area (Å²) in [6, 6.07) is 0. The van der Waals surface area contributed by atoms with Crippen LogP contribution < -0.4 is 5.32 Å². The van der Waals surface area contributed by atoms with Gasteiger partial charge in [-0.3, -0.25) is 9.67 Å². The van der Waals surface area contributed by atoms with E-state index in [4.69, 9.17) is 4.99 Å². The molecule has 8 heteroatoms. The number of nitrogens with zero attached hydrogens (tertiary/aromatic N) is 7. The Morgan fingerprint density at radius 3 is 3.00 bits per heavy atom. The molecule has 3 heterocycles. The van der Waals surface area contributed by atoms with E-state index in [1.54, 1.807) is 0 Å². The maximum atomic E-state index is 4.88. The second kappa shape index (κ2) is 7.67. The number of aromatic nitrogens is 5. The quantitative estimate of drug-likeness (QED) is 0.646. The average Bonchev–Trinajstić information content (AvgIpc) is 3.17. The van der Waals surface area contributed by atoms with Crippen LogP contribution in [-0.4, -0.2) is 55.5 Å². The molecule has 0 aromatic carbocycles. The summed E-state index contributed by atoms with van der Waals surface area (Å²) in [4.78, 5) is 7.03. The van der Waals surface area contributed by atoms with Gasteiger partial charge in [-0.15, -0.1) is 10.2 Å². The molecule has 0 fully saturated rings. The van der Waals surface area contributed by atoms with Crippen LogP contribution in [0.5, 0.6) is 0 Å². The summed E-state index contributed by atoms with van der Waals surface area (Å²) in [6.45, 7) is 7.55. The first-order valence-corrected chi connectivity index (χ1v) is 8.92. The van der Waals surface area contributed by atoms with Crippen LogP contribution in [0.4, 0.5) is 0 Å². The third kappa shape index (κ3) is 4.18. The van der Waals surface area contributed by atoms with Crippen molar-refractivity contribution in [2.45, 2.75) is 39.8 Å². The molecule has 0 aliphatic carbocycles. The van der Waals surface area contributed by atoms with Gasteiger partial charge in [0.2, 0.25) is 0 Å². The van der Waals surface area contributed by atoms with Gasteiger partial charge in [0.1, 0.15) is 11.6 Å². The summed E-state index contributed by atoms with van der Waals surface area (Å²) < 4.78 is 4.06. The van der Waals surface area contributed by atoms with E-state index >= 15 is 0 Å². The zero-order chi connectivity index (χ0) is 17.8. The van der Waals surface area contributed by atoms with Crippen molar-refractivity contribution in [3.8, 4) is 0 Å². The van der Waals surface area contributed by atoms with Crippen LogP contribution in [0.2, 0.25) is 0 Å². The highest BCUT2D eigenvalue weighted by molar-refractivity contribution is 5.79. The highest BCUT2D eigenvalue weighted by Crippen LogP contribution is 2.20. The Bertz CT molecular complexity index is 729. The van der Waals surface area contributed by atoms with Crippen molar-refractivity contribution in [3.63, 3.8) is 0 Å². The molecule has 0 amide bonds. The topological polar surface area (TPSA) is 76.2 Å². The lowest BCUT2D eigenvalue weighted by atomic mass is 9.99. The van der Waals surface area contributed by atoms with E-state index < -0.39 is 0 Å². The molecule has 0 bridgehead atoms. The Balaban J connectivity index is 1.63. The molecule has 0 spiro atoms. The molecule has 0 saturated heterocycles. The highest BCUT2D eigenvalue weighted by atomic mass is 15.3. The molecule has 0 saturated carbocycles. The number of aryl methyl sites for hydroxylation is 3. The van der Waals surface area contributed by atoms with Crippen molar-refractivity contribution in [1.82, 2.24) is 34.8 Å². The lowest BCUT2D eigenvalue weighted by Gasteiger charge is -2.25. The van der Waals surface area contributed by atoms with E-state index in [0.717, 1.165) is 56.6 Å². The average molecular weight is 344 g/mol. The molecular formula is C17H28N8. The fourth-order valence-electron chi connectivity index (χ4n) is 3.27. The summed E-state index contributed by atoms with van der Waals surface area (Å²) in [5.41, 5.74) is 1.18. The summed E-state index contributed by atoms with van der Waals surface area (Å²) in [6.07, 6.45) is 6.05. The zero-order valence-corrected chi connectivity index (χ0v) is 15.6. The first-order chi connectivity index (χ1) is 12.1. The van der Waals surface area contributed by atoms with Gasteiger partial charge >= 0.3 is 0 Å². The SMILES string of the molecule is CCNC(=NCC1CCc2nnc(C)n2C1)N(C)Cc1cnn(C)c1. The molecule has 136 valence electrons. The molecule has 1 atom stereocenters. The molecule has 2 aromatic rings. The molecule has 1 aliphatic rings. The standard InChI is InChI=1S/C17H28N8/c1-5-18-17(23(3)10-15-9-20-24(4)11-15)19-8-14-6-7-16-22-21-13(2)25(16)12-14/h9,11,14H,5-8,10,12H2,1-4H3,(H,18,19). The van der Waals surface area contributed by atoms with Gasteiger partial charge < -0.3 is 14.8 Å². The predicted molar refractivity (Wildman–Crippen MR) is 97.2 cm³/mol. The van der Waals surface area contributed by atoms with Gasteiger partial charge in [-0.25, -0.2) is 0 Å². The molecule has 0 radical (unpaired) electrons. The van der Waals surface area contributed by atoms with Crippen molar-refractivity contribution >= 4 is 5.96 Å². The van der Waals surface area contributed by atoms with Crippen LogP contribution in [0.1, 0.15) is 30.6 Å². The Hall–Kier alpha value is -2.38. The van der Waals surface area contributed by atoms with Crippen molar-refractivity contribution < 1.29 is 0 Å². The van der Waals surface area contributed by atoms with Crippen molar-refractivity contribution in [2.24, 2.45) is 18.0 Å². The Morgan fingerprint density at radius 2 is 2.28 bits per heavy atom. The molecule has 1 unspecified atom stereocenters. The van der Waals surface area contributed by atoms with E-state index in [-0.39, 0.29) is 0 Å². The minimum atomic E-state index is 0.530. The highest BCUT2D eigenvalue weighted by Gasteiger charge is 2.21. The van der Waals surface area contributed by atoms with E-state index in [1.165, 1.54) is 5.56 Å². The summed E-state index contributed by atoms with van der Waals surface area (Å²) >= 11 is 0. The maximum Gasteiger partial charge on any atom is 0.193 e. The fraction of sp³-hybridized carbons (Fsp3) is 0.647. The lowest BCUT2D eigenvalue weighted by molar-refractivity contribution is 0.366. The van der Waals surface area contributed by atoms with Crippen LogP contribution in [0.15, 0.2) is 17.4 Å². The molecule has 25 heavy (non-hydrogen) atoms. The number of rotatable bonds is 5. The number of guanidine groups is 1. The Labute approximate surface area is 149 Å². The lowest BCUT2D eigenvalue weighted by Crippen LogP contribution is -2.39. The molecule has 1 aliphatic heterocycles. The monoisotopic (exact) mass is 344 g/mol. The third-order valence-corrected chi connectivity index (χ3v) is 4.60. The second-order valence-corrected chi connectivity index (χ2v) is 6.75. The minimum Gasteiger partial charge on any atom is -0.357 e. The summed E-state index contributed by atoms with van der Waals surface area (Å²) in [5.74, 6) is 3.59. The molecular weight excluding hydrogens is 316 g/mol. The smallest absolute Gasteiger partial charge is 0.193 e. The number of hydrogen-bond acceptors (Lipinski definition) is 4. The fourth-order valence-corrected chi connectivity index (χ4v) is 3.27. The molecule has 1 N–H and O–H groups in total. The van der Waals surface area contributed by atoms with Gasteiger partial charge in [-0.2, -0.15) is 5.10 Å². The van der Waals surface area contributed by atoms with Crippen LogP contribution in [-0.2, 0) is 26.6 Å². The van der Waals surface area contributed by atoms with Gasteiger partial charge in [-0.05, 0) is 26.2 Å². The van der Waals surface area contributed by atoms with Crippen molar-refractivity contribution in [2.75, 3.05) is 20.1 Å². The predicted octanol–water partition coefficient (Wildman–Crippen LogP) is 0.980.